The standard InChI is InChI=1S/C21H23ClN2O3.C2H6/c1-2-11-23-21(26)20-14-24(18-5-3-4-6-19(18)27-20)13-17(25)12-15-7-9-16(22)10-8-15;1-2/h3-10,20H,2,11-14H2,1H3,(H,23,26);1-2H3. The molecule has 0 spiro atoms. The van der Waals surface area contributed by atoms with Crippen molar-refractivity contribution in [1.29, 1.82) is 0 Å². The quantitative estimate of drug-likeness (QED) is 0.732. The fraction of sp³-hybridized carbons (Fsp3) is 0.391. The lowest BCUT2D eigenvalue weighted by Crippen LogP contribution is -2.50. The number of nitrogens with zero attached hydrogens (tertiary/aromatic N) is 1. The van der Waals surface area contributed by atoms with E-state index < -0.39 is 6.10 Å². The van der Waals surface area contributed by atoms with Crippen molar-refractivity contribution >= 4 is 29.0 Å². The van der Waals surface area contributed by atoms with E-state index in [1.807, 2.05) is 62.1 Å². The highest BCUT2D eigenvalue weighted by molar-refractivity contribution is 6.30. The molecule has 0 saturated heterocycles. The summed E-state index contributed by atoms with van der Waals surface area (Å²) in [5, 5.41) is 3.51. The molecule has 29 heavy (non-hydrogen) atoms. The Morgan fingerprint density at radius 2 is 1.83 bits per heavy atom. The Morgan fingerprint density at radius 1 is 1.14 bits per heavy atom. The lowest BCUT2D eigenvalue weighted by molar-refractivity contribution is -0.128. The first kappa shape index (κ1) is 22.8. The van der Waals surface area contributed by atoms with E-state index in [4.69, 9.17) is 16.3 Å². The minimum atomic E-state index is -0.630. The molecule has 1 amide bonds. The monoisotopic (exact) mass is 416 g/mol. The van der Waals surface area contributed by atoms with E-state index in [2.05, 4.69) is 5.32 Å². The zero-order valence-electron chi connectivity index (χ0n) is 17.3. The maximum Gasteiger partial charge on any atom is 0.262 e. The van der Waals surface area contributed by atoms with E-state index in [0.717, 1.165) is 17.7 Å². The maximum absolute atomic E-state index is 12.6. The minimum Gasteiger partial charge on any atom is -0.477 e. The molecule has 0 fully saturated rings. The van der Waals surface area contributed by atoms with Gasteiger partial charge < -0.3 is 15.0 Å². The Morgan fingerprint density at radius 3 is 2.52 bits per heavy atom. The van der Waals surface area contributed by atoms with Crippen LogP contribution in [0.3, 0.4) is 0 Å². The van der Waals surface area contributed by atoms with Gasteiger partial charge in [-0.05, 0) is 36.2 Å². The van der Waals surface area contributed by atoms with E-state index in [1.54, 1.807) is 12.1 Å². The van der Waals surface area contributed by atoms with Crippen molar-refractivity contribution in [2.24, 2.45) is 0 Å². The van der Waals surface area contributed by atoms with Crippen LogP contribution in [0.5, 0.6) is 5.75 Å². The SMILES string of the molecule is CC.CCCNC(=O)C1CN(CC(=O)Cc2ccc(Cl)cc2)c2ccccc2O1. The Labute approximate surface area is 178 Å². The summed E-state index contributed by atoms with van der Waals surface area (Å²) in [6.45, 7) is 7.17. The third kappa shape index (κ3) is 6.50. The Balaban J connectivity index is 0.00000145. The zero-order valence-corrected chi connectivity index (χ0v) is 18.0. The number of Topliss-reactive ketones (excluding diaryl/α,β-unsaturated/α-hetero) is 1. The summed E-state index contributed by atoms with van der Waals surface area (Å²) >= 11 is 5.90. The summed E-state index contributed by atoms with van der Waals surface area (Å²) in [6, 6.07) is 14.8. The van der Waals surface area contributed by atoms with Gasteiger partial charge in [-0.2, -0.15) is 0 Å². The molecule has 1 heterocycles. The fourth-order valence-electron chi connectivity index (χ4n) is 3.05. The molecule has 1 atom stereocenters. The second-order valence-corrected chi connectivity index (χ2v) is 7.02. The van der Waals surface area contributed by atoms with Gasteiger partial charge in [-0.15, -0.1) is 0 Å². The summed E-state index contributed by atoms with van der Waals surface area (Å²) < 4.78 is 5.85. The molecule has 0 bridgehead atoms. The number of carbonyl (C=O) groups excluding carboxylic acids is 2. The number of ether oxygens (including phenoxy) is 1. The second kappa shape index (κ2) is 11.5. The lowest BCUT2D eigenvalue weighted by Gasteiger charge is -2.35. The number of anilines is 1. The molecule has 2 aromatic rings. The van der Waals surface area contributed by atoms with Crippen molar-refractivity contribution < 1.29 is 14.3 Å². The summed E-state index contributed by atoms with van der Waals surface area (Å²) in [6.07, 6.45) is 0.552. The number of amides is 1. The molecular weight excluding hydrogens is 388 g/mol. The molecule has 1 N–H and O–H groups in total. The minimum absolute atomic E-state index is 0.0711. The normalized spacial score (nSPS) is 14.8. The molecule has 1 aliphatic heterocycles. The first-order valence-electron chi connectivity index (χ1n) is 10.1. The molecule has 5 nitrogen and oxygen atoms in total. The fourth-order valence-corrected chi connectivity index (χ4v) is 3.18. The van der Waals surface area contributed by atoms with Crippen molar-refractivity contribution in [3.63, 3.8) is 0 Å². The zero-order chi connectivity index (χ0) is 21.2. The molecular formula is C23H29ClN2O3. The van der Waals surface area contributed by atoms with Crippen molar-refractivity contribution in [2.75, 3.05) is 24.5 Å². The van der Waals surface area contributed by atoms with Gasteiger partial charge >= 0.3 is 0 Å². The van der Waals surface area contributed by atoms with E-state index in [1.165, 1.54) is 0 Å². The number of ketones is 1. The number of nitrogens with one attached hydrogen (secondary N) is 1. The van der Waals surface area contributed by atoms with Crippen LogP contribution in [0.4, 0.5) is 5.69 Å². The molecule has 2 aromatic carbocycles. The van der Waals surface area contributed by atoms with Gasteiger partial charge in [0.25, 0.3) is 5.91 Å². The first-order valence-corrected chi connectivity index (χ1v) is 10.5. The number of hydrogen-bond donors (Lipinski definition) is 1. The van der Waals surface area contributed by atoms with Crippen molar-refractivity contribution in [2.45, 2.75) is 39.7 Å². The van der Waals surface area contributed by atoms with Crippen LogP contribution in [0.15, 0.2) is 48.5 Å². The van der Waals surface area contributed by atoms with Crippen LogP contribution in [-0.2, 0) is 16.0 Å². The Hall–Kier alpha value is -2.53. The highest BCUT2D eigenvalue weighted by atomic mass is 35.5. The van der Waals surface area contributed by atoms with Crippen LogP contribution in [0.2, 0.25) is 5.02 Å². The van der Waals surface area contributed by atoms with Gasteiger partial charge in [0, 0.05) is 18.0 Å². The average Bonchev–Trinajstić information content (AvgIpc) is 2.75. The molecule has 156 valence electrons. The predicted molar refractivity (Wildman–Crippen MR) is 118 cm³/mol. The Kier molecular flexibility index (Phi) is 9.00. The lowest BCUT2D eigenvalue weighted by atomic mass is 10.1. The van der Waals surface area contributed by atoms with E-state index in [9.17, 15) is 9.59 Å². The van der Waals surface area contributed by atoms with Crippen molar-refractivity contribution in [1.82, 2.24) is 5.32 Å². The summed E-state index contributed by atoms with van der Waals surface area (Å²) in [5.41, 5.74) is 1.75. The smallest absolute Gasteiger partial charge is 0.262 e. The number of fused-ring (bicyclic) bond motifs is 1. The number of halogens is 1. The van der Waals surface area contributed by atoms with Crippen LogP contribution >= 0.6 is 11.6 Å². The average molecular weight is 417 g/mol. The van der Waals surface area contributed by atoms with Crippen molar-refractivity contribution in [3.8, 4) is 5.75 Å². The van der Waals surface area contributed by atoms with Crippen LogP contribution in [0, 0.1) is 0 Å². The Bertz CT molecular complexity index is 808. The van der Waals surface area contributed by atoms with Gasteiger partial charge in [0.1, 0.15) is 5.75 Å². The second-order valence-electron chi connectivity index (χ2n) is 6.59. The highest BCUT2D eigenvalue weighted by Crippen LogP contribution is 2.33. The molecule has 6 heteroatoms. The summed E-state index contributed by atoms with van der Waals surface area (Å²) in [4.78, 5) is 26.9. The summed E-state index contributed by atoms with van der Waals surface area (Å²) in [5.74, 6) is 0.544. The topological polar surface area (TPSA) is 58.6 Å². The van der Waals surface area contributed by atoms with Gasteiger partial charge in [0.15, 0.2) is 11.9 Å². The first-order chi connectivity index (χ1) is 14.1. The number of carbonyl (C=O) groups is 2. The van der Waals surface area contributed by atoms with Gasteiger partial charge in [-0.25, -0.2) is 0 Å². The van der Waals surface area contributed by atoms with Crippen LogP contribution < -0.4 is 15.0 Å². The van der Waals surface area contributed by atoms with Gasteiger partial charge in [-0.3, -0.25) is 9.59 Å². The number of hydrogen-bond acceptors (Lipinski definition) is 4. The molecule has 0 aromatic heterocycles. The maximum atomic E-state index is 12.6. The molecule has 1 unspecified atom stereocenters. The van der Waals surface area contributed by atoms with E-state index in [-0.39, 0.29) is 18.2 Å². The van der Waals surface area contributed by atoms with Crippen molar-refractivity contribution in [3.05, 3.63) is 59.1 Å². The van der Waals surface area contributed by atoms with Crippen LogP contribution in [0.1, 0.15) is 32.8 Å². The third-order valence-electron chi connectivity index (χ3n) is 4.38. The highest BCUT2D eigenvalue weighted by Gasteiger charge is 2.31. The number of rotatable bonds is 7. The van der Waals surface area contributed by atoms with Crippen LogP contribution in [0.25, 0.3) is 0 Å². The molecule has 0 radical (unpaired) electrons. The van der Waals surface area contributed by atoms with Gasteiger partial charge in [0.05, 0.1) is 18.8 Å². The number of benzene rings is 2. The van der Waals surface area contributed by atoms with E-state index in [0.29, 0.717) is 30.3 Å². The molecule has 0 aliphatic carbocycles. The largest absolute Gasteiger partial charge is 0.477 e. The molecule has 0 saturated carbocycles. The summed E-state index contributed by atoms with van der Waals surface area (Å²) in [7, 11) is 0. The van der Waals surface area contributed by atoms with Crippen LogP contribution in [-0.4, -0.2) is 37.4 Å². The number of para-hydroxylation sites is 2. The molecule has 1 aliphatic rings. The van der Waals surface area contributed by atoms with Gasteiger partial charge in [-0.1, -0.05) is 56.6 Å². The molecule has 3 rings (SSSR count). The van der Waals surface area contributed by atoms with E-state index >= 15 is 0 Å². The third-order valence-corrected chi connectivity index (χ3v) is 4.64. The van der Waals surface area contributed by atoms with Gasteiger partial charge in [0.2, 0.25) is 0 Å². The predicted octanol–water partition coefficient (Wildman–Crippen LogP) is 4.27.